The smallest absolute Gasteiger partial charge is 0.270 e. The van der Waals surface area contributed by atoms with Gasteiger partial charge in [0.2, 0.25) is 0 Å². The quantitative estimate of drug-likeness (QED) is 0.572. The molecular weight excluding hydrogens is 428 g/mol. The van der Waals surface area contributed by atoms with E-state index in [0.717, 1.165) is 24.8 Å². The van der Waals surface area contributed by atoms with Crippen LogP contribution < -0.4 is 19.1 Å². The standard InChI is InChI=1S/C24H30N2O5S/c1-5-6-10-13-25-24(27)23-17(2)19-14-21(30-3)22(31-4)15-20(19)26(32(23,28)29)16-18-11-8-7-9-12-18/h7-9,11-12,14-15H,5-6,10,13,16H2,1-4H3,(H,25,27). The summed E-state index contributed by atoms with van der Waals surface area (Å²) in [5.41, 5.74) is 2.26. The lowest BCUT2D eigenvalue weighted by Crippen LogP contribution is -2.41. The Morgan fingerprint density at radius 1 is 1.03 bits per heavy atom. The highest BCUT2D eigenvalue weighted by molar-refractivity contribution is 7.97. The minimum Gasteiger partial charge on any atom is -0.493 e. The highest BCUT2D eigenvalue weighted by Crippen LogP contribution is 2.45. The van der Waals surface area contributed by atoms with Gasteiger partial charge in [0.05, 0.1) is 26.5 Å². The van der Waals surface area contributed by atoms with Gasteiger partial charge in [0.1, 0.15) is 0 Å². The van der Waals surface area contributed by atoms with Crippen LogP contribution in [0.5, 0.6) is 11.5 Å². The largest absolute Gasteiger partial charge is 0.493 e. The fourth-order valence-electron chi connectivity index (χ4n) is 3.79. The summed E-state index contributed by atoms with van der Waals surface area (Å²) >= 11 is 0. The molecule has 1 N–H and O–H groups in total. The summed E-state index contributed by atoms with van der Waals surface area (Å²) in [4.78, 5) is 12.8. The average molecular weight is 459 g/mol. The molecule has 0 unspecified atom stereocenters. The summed E-state index contributed by atoms with van der Waals surface area (Å²) in [6, 6.07) is 12.6. The van der Waals surface area contributed by atoms with Gasteiger partial charge in [-0.15, -0.1) is 0 Å². The zero-order valence-corrected chi connectivity index (χ0v) is 19.8. The molecular formula is C24H30N2O5S. The van der Waals surface area contributed by atoms with Gasteiger partial charge in [-0.25, -0.2) is 8.42 Å². The molecule has 172 valence electrons. The molecule has 3 rings (SSSR count). The van der Waals surface area contributed by atoms with E-state index in [4.69, 9.17) is 9.47 Å². The van der Waals surface area contributed by atoms with Crippen LogP contribution in [0.25, 0.3) is 5.57 Å². The van der Waals surface area contributed by atoms with Crippen LogP contribution in [0, 0.1) is 0 Å². The number of carbonyl (C=O) groups is 1. The Bertz CT molecular complexity index is 1110. The van der Waals surface area contributed by atoms with Gasteiger partial charge >= 0.3 is 0 Å². The number of carbonyl (C=O) groups excluding carboxylic acids is 1. The van der Waals surface area contributed by atoms with E-state index in [0.29, 0.717) is 34.9 Å². The van der Waals surface area contributed by atoms with Crippen LogP contribution in [-0.2, 0) is 21.4 Å². The highest BCUT2D eigenvalue weighted by Gasteiger charge is 2.40. The van der Waals surface area contributed by atoms with Crippen LogP contribution in [0.4, 0.5) is 5.69 Å². The molecule has 0 atom stereocenters. The van der Waals surface area contributed by atoms with Crippen molar-refractivity contribution in [2.75, 3.05) is 25.1 Å². The number of hydrogen-bond acceptors (Lipinski definition) is 5. The van der Waals surface area contributed by atoms with Crippen molar-refractivity contribution in [2.45, 2.75) is 39.7 Å². The molecule has 1 aliphatic rings. The number of anilines is 1. The molecule has 0 spiro atoms. The van der Waals surface area contributed by atoms with Gasteiger partial charge in [0.15, 0.2) is 16.4 Å². The van der Waals surface area contributed by atoms with E-state index in [1.807, 2.05) is 30.3 Å². The van der Waals surface area contributed by atoms with E-state index in [-0.39, 0.29) is 11.4 Å². The Kier molecular flexibility index (Phi) is 7.45. The van der Waals surface area contributed by atoms with Crippen molar-refractivity contribution >= 4 is 27.2 Å². The number of allylic oxidation sites excluding steroid dienone is 1. The normalized spacial score (nSPS) is 14.7. The summed E-state index contributed by atoms with van der Waals surface area (Å²) in [6.07, 6.45) is 2.77. The third-order valence-electron chi connectivity index (χ3n) is 5.50. The number of fused-ring (bicyclic) bond motifs is 1. The Hall–Kier alpha value is -3.00. The van der Waals surface area contributed by atoms with E-state index < -0.39 is 15.9 Å². The monoisotopic (exact) mass is 458 g/mol. The first-order valence-electron chi connectivity index (χ1n) is 10.7. The second kappa shape index (κ2) is 10.1. The maximum Gasteiger partial charge on any atom is 0.270 e. The Labute approximate surface area is 190 Å². The summed E-state index contributed by atoms with van der Waals surface area (Å²) in [7, 11) is -1.09. The van der Waals surface area contributed by atoms with E-state index in [2.05, 4.69) is 12.2 Å². The molecule has 0 fully saturated rings. The van der Waals surface area contributed by atoms with Gasteiger partial charge in [0.25, 0.3) is 15.9 Å². The zero-order chi connectivity index (χ0) is 23.3. The van der Waals surface area contributed by atoms with Gasteiger partial charge < -0.3 is 14.8 Å². The van der Waals surface area contributed by atoms with Crippen molar-refractivity contribution in [2.24, 2.45) is 0 Å². The zero-order valence-electron chi connectivity index (χ0n) is 19.0. The molecule has 2 aromatic carbocycles. The first kappa shape index (κ1) is 23.7. The molecule has 0 bridgehead atoms. The van der Waals surface area contributed by atoms with Crippen molar-refractivity contribution < 1.29 is 22.7 Å². The van der Waals surface area contributed by atoms with Crippen molar-refractivity contribution in [1.82, 2.24) is 5.32 Å². The Morgan fingerprint density at radius 2 is 1.69 bits per heavy atom. The van der Waals surface area contributed by atoms with Gasteiger partial charge in [-0.2, -0.15) is 0 Å². The number of sulfonamides is 1. The van der Waals surface area contributed by atoms with Gasteiger partial charge in [-0.3, -0.25) is 9.10 Å². The second-order valence-corrected chi connectivity index (χ2v) is 9.44. The average Bonchev–Trinajstić information content (AvgIpc) is 2.79. The molecule has 0 saturated heterocycles. The highest BCUT2D eigenvalue weighted by atomic mass is 32.2. The van der Waals surface area contributed by atoms with Crippen LogP contribution >= 0.6 is 0 Å². The summed E-state index contributed by atoms with van der Waals surface area (Å²) in [5.74, 6) is 0.296. The number of methoxy groups -OCH3 is 2. The molecule has 1 heterocycles. The number of rotatable bonds is 9. The van der Waals surface area contributed by atoms with Crippen molar-refractivity contribution in [1.29, 1.82) is 0 Å². The Balaban J connectivity index is 2.14. The van der Waals surface area contributed by atoms with Gasteiger partial charge in [-0.1, -0.05) is 50.1 Å². The fourth-order valence-corrected chi connectivity index (χ4v) is 5.55. The van der Waals surface area contributed by atoms with Gasteiger partial charge in [-0.05, 0) is 30.5 Å². The van der Waals surface area contributed by atoms with Crippen molar-refractivity contribution in [3.05, 3.63) is 58.5 Å². The maximum atomic E-state index is 13.7. The SMILES string of the molecule is CCCCCNC(=O)C1=C(C)c2cc(OC)c(OC)cc2N(Cc2ccccc2)S1(=O)=O. The van der Waals surface area contributed by atoms with Crippen LogP contribution in [0.3, 0.4) is 0 Å². The fraction of sp³-hybridized carbons (Fsp3) is 0.375. The number of nitrogens with zero attached hydrogens (tertiary/aromatic N) is 1. The minimum atomic E-state index is -4.11. The topological polar surface area (TPSA) is 84.9 Å². The third kappa shape index (κ3) is 4.60. The number of hydrogen-bond donors (Lipinski definition) is 1. The number of unbranched alkanes of at least 4 members (excludes halogenated alkanes) is 2. The molecule has 32 heavy (non-hydrogen) atoms. The molecule has 0 saturated carbocycles. The first-order chi connectivity index (χ1) is 15.3. The molecule has 7 nitrogen and oxygen atoms in total. The second-order valence-electron chi connectivity index (χ2n) is 7.64. The molecule has 2 aromatic rings. The van der Waals surface area contributed by atoms with Crippen LogP contribution in [0.2, 0.25) is 0 Å². The predicted octanol–water partition coefficient (Wildman–Crippen LogP) is 4.09. The summed E-state index contributed by atoms with van der Waals surface area (Å²) < 4.78 is 39.5. The minimum absolute atomic E-state index is 0.0888. The molecule has 0 aliphatic carbocycles. The van der Waals surface area contributed by atoms with Gasteiger partial charge in [0, 0.05) is 18.2 Å². The van der Waals surface area contributed by atoms with Crippen molar-refractivity contribution in [3.8, 4) is 11.5 Å². The number of benzene rings is 2. The van der Waals surface area contributed by atoms with E-state index in [9.17, 15) is 13.2 Å². The van der Waals surface area contributed by atoms with E-state index in [1.54, 1.807) is 19.1 Å². The number of nitrogens with one attached hydrogen (secondary N) is 1. The van der Waals surface area contributed by atoms with Crippen LogP contribution in [0.1, 0.15) is 44.2 Å². The predicted molar refractivity (Wildman–Crippen MR) is 126 cm³/mol. The summed E-state index contributed by atoms with van der Waals surface area (Å²) in [5, 5.41) is 2.78. The van der Waals surface area contributed by atoms with Crippen molar-refractivity contribution in [3.63, 3.8) is 0 Å². The molecule has 1 amide bonds. The lowest BCUT2D eigenvalue weighted by Gasteiger charge is -2.33. The molecule has 0 radical (unpaired) electrons. The lowest BCUT2D eigenvalue weighted by molar-refractivity contribution is -0.116. The Morgan fingerprint density at radius 3 is 2.31 bits per heavy atom. The summed E-state index contributed by atoms with van der Waals surface area (Å²) in [6.45, 7) is 4.24. The van der Waals surface area contributed by atoms with Crippen LogP contribution in [-0.4, -0.2) is 35.1 Å². The number of amides is 1. The van der Waals surface area contributed by atoms with E-state index >= 15 is 0 Å². The maximum absolute atomic E-state index is 13.7. The molecule has 0 aromatic heterocycles. The molecule has 8 heteroatoms. The third-order valence-corrected chi connectivity index (χ3v) is 7.42. The van der Waals surface area contributed by atoms with E-state index in [1.165, 1.54) is 18.5 Å². The van der Waals surface area contributed by atoms with Crippen LogP contribution in [0.15, 0.2) is 47.4 Å². The first-order valence-corrected chi connectivity index (χ1v) is 12.1. The molecule has 1 aliphatic heterocycles. The lowest BCUT2D eigenvalue weighted by atomic mass is 10.0. The number of ether oxygens (including phenoxy) is 2.